The summed E-state index contributed by atoms with van der Waals surface area (Å²) in [5, 5.41) is 0. The van der Waals surface area contributed by atoms with Crippen LogP contribution in [0, 0.1) is 17.8 Å². The first-order chi connectivity index (χ1) is 7.73. The third-order valence-electron chi connectivity index (χ3n) is 2.65. The van der Waals surface area contributed by atoms with Crippen molar-refractivity contribution >= 4 is 26.3 Å². The fourth-order valence-electron chi connectivity index (χ4n) is 2.14. The Morgan fingerprint density at radius 2 is 1.18 bits per heavy atom. The van der Waals surface area contributed by atoms with Gasteiger partial charge in [-0.1, -0.05) is 0 Å². The van der Waals surface area contributed by atoms with Gasteiger partial charge in [-0.15, -0.1) is 0 Å². The van der Waals surface area contributed by atoms with Gasteiger partial charge in [-0.2, -0.15) is 0 Å². The number of hydrogen-bond donors (Lipinski definition) is 0. The molecule has 0 aliphatic rings. The molecule has 0 aromatic rings. The van der Waals surface area contributed by atoms with Crippen LogP contribution in [0.25, 0.3) is 0 Å². The molecule has 0 aliphatic heterocycles. The Morgan fingerprint density at radius 1 is 0.824 bits per heavy atom. The Hall–Kier alpha value is 0.209. The molecular formula is C15H28OSn. The van der Waals surface area contributed by atoms with Crippen molar-refractivity contribution in [3.8, 4) is 0 Å². The zero-order valence-corrected chi connectivity index (χ0v) is 15.6. The van der Waals surface area contributed by atoms with Crippen molar-refractivity contribution in [3.63, 3.8) is 0 Å². The van der Waals surface area contributed by atoms with Gasteiger partial charge < -0.3 is 0 Å². The van der Waals surface area contributed by atoms with E-state index in [1.54, 1.807) is 0 Å². The predicted molar refractivity (Wildman–Crippen MR) is 77.5 cm³/mol. The van der Waals surface area contributed by atoms with Crippen LogP contribution in [0.5, 0.6) is 0 Å². The quantitative estimate of drug-likeness (QED) is 0.507. The van der Waals surface area contributed by atoms with Gasteiger partial charge in [-0.3, -0.25) is 0 Å². The molecule has 0 aromatic carbocycles. The summed E-state index contributed by atoms with van der Waals surface area (Å²) in [6.45, 7) is 13.4. The van der Waals surface area contributed by atoms with Crippen molar-refractivity contribution in [2.45, 2.75) is 60.8 Å². The average Bonchev–Trinajstić information content (AvgIpc) is 2.10. The van der Waals surface area contributed by atoms with E-state index in [1.807, 2.05) is 0 Å². The van der Waals surface area contributed by atoms with Gasteiger partial charge in [0.25, 0.3) is 0 Å². The van der Waals surface area contributed by atoms with Crippen molar-refractivity contribution in [1.82, 2.24) is 0 Å². The van der Waals surface area contributed by atoms with Crippen molar-refractivity contribution in [3.05, 3.63) is 11.1 Å². The van der Waals surface area contributed by atoms with Crippen LogP contribution in [-0.4, -0.2) is 26.3 Å². The van der Waals surface area contributed by atoms with E-state index >= 15 is 0 Å². The zero-order chi connectivity index (χ0) is 13.6. The summed E-state index contributed by atoms with van der Waals surface area (Å²) in [6, 6.07) is 0. The number of allylic oxidation sites excluding steroid dienone is 2. The molecule has 0 fully saturated rings. The van der Waals surface area contributed by atoms with Crippen LogP contribution >= 0.6 is 0 Å². The number of carbonyl (C=O) groups is 1. The van der Waals surface area contributed by atoms with Crippen molar-refractivity contribution in [1.29, 1.82) is 0 Å². The van der Waals surface area contributed by atoms with E-state index in [9.17, 15) is 4.79 Å². The van der Waals surface area contributed by atoms with Crippen LogP contribution < -0.4 is 0 Å². The SMILES string of the molecule is CC(C)CC(CC(C)C)=C(CC(C)C)[C](=O)[SnH]. The Morgan fingerprint density at radius 3 is 1.41 bits per heavy atom. The summed E-state index contributed by atoms with van der Waals surface area (Å²) in [6.07, 6.45) is 3.15. The van der Waals surface area contributed by atoms with E-state index in [2.05, 4.69) is 41.5 Å². The molecule has 0 saturated carbocycles. The van der Waals surface area contributed by atoms with E-state index in [-0.39, 0.29) is 0 Å². The number of carbonyl (C=O) groups excluding carboxylic acids is 1. The molecular weight excluding hydrogens is 315 g/mol. The third-order valence-corrected chi connectivity index (χ3v) is 3.64. The Balaban J connectivity index is 5.14. The van der Waals surface area contributed by atoms with Crippen molar-refractivity contribution in [2.75, 3.05) is 0 Å². The molecule has 0 saturated heterocycles. The van der Waals surface area contributed by atoms with Gasteiger partial charge in [0, 0.05) is 0 Å². The maximum atomic E-state index is 11.9. The van der Waals surface area contributed by atoms with Crippen LogP contribution in [0.15, 0.2) is 11.1 Å². The monoisotopic (exact) mass is 344 g/mol. The van der Waals surface area contributed by atoms with E-state index in [0.717, 1.165) is 47.4 Å². The molecule has 0 aromatic heterocycles. The van der Waals surface area contributed by atoms with Gasteiger partial charge in [0.05, 0.1) is 0 Å². The summed E-state index contributed by atoms with van der Waals surface area (Å²) in [4.78, 5) is 11.9. The van der Waals surface area contributed by atoms with Gasteiger partial charge in [0.2, 0.25) is 0 Å². The zero-order valence-electron chi connectivity index (χ0n) is 12.3. The molecule has 0 aliphatic carbocycles. The molecule has 0 unspecified atom stereocenters. The summed E-state index contributed by atoms with van der Waals surface area (Å²) in [5.74, 6) is 1.87. The molecule has 0 N–H and O–H groups in total. The molecule has 0 spiro atoms. The molecule has 98 valence electrons. The summed E-state index contributed by atoms with van der Waals surface area (Å²) >= 11 is 0.727. The summed E-state index contributed by atoms with van der Waals surface area (Å²) in [5.41, 5.74) is 2.59. The second-order valence-electron chi connectivity index (χ2n) is 6.24. The molecule has 2 heteroatoms. The van der Waals surface area contributed by atoms with Crippen LogP contribution in [0.3, 0.4) is 0 Å². The molecule has 0 rings (SSSR count). The molecule has 0 heterocycles. The van der Waals surface area contributed by atoms with Crippen LogP contribution in [0.4, 0.5) is 0 Å². The normalized spacial score (nSPS) is 11.4. The fourth-order valence-corrected chi connectivity index (χ4v) is 3.06. The summed E-state index contributed by atoms with van der Waals surface area (Å²) in [7, 11) is 0. The molecule has 0 atom stereocenters. The Kier molecular flexibility index (Phi) is 8.44. The molecule has 1 nitrogen and oxygen atoms in total. The topological polar surface area (TPSA) is 17.1 Å². The van der Waals surface area contributed by atoms with Crippen molar-refractivity contribution < 1.29 is 4.79 Å². The van der Waals surface area contributed by atoms with Crippen LogP contribution in [0.2, 0.25) is 0 Å². The number of hydrogen-bond acceptors (Lipinski definition) is 1. The third kappa shape index (κ3) is 8.01. The Bertz CT molecular complexity index is 263. The second-order valence-corrected chi connectivity index (χ2v) is 7.74. The van der Waals surface area contributed by atoms with Gasteiger partial charge in [-0.05, 0) is 0 Å². The number of rotatable bonds is 7. The van der Waals surface area contributed by atoms with Crippen LogP contribution in [0.1, 0.15) is 60.8 Å². The fraction of sp³-hybridized carbons (Fsp3) is 0.800. The molecule has 0 bridgehead atoms. The van der Waals surface area contributed by atoms with Gasteiger partial charge >= 0.3 is 121 Å². The molecule has 17 heavy (non-hydrogen) atoms. The average molecular weight is 343 g/mol. The first-order valence-electron chi connectivity index (χ1n) is 6.74. The van der Waals surface area contributed by atoms with Crippen molar-refractivity contribution in [2.24, 2.45) is 17.8 Å². The first kappa shape index (κ1) is 17.2. The minimum atomic E-state index is 0.403. The standard InChI is InChI=1S/C15H27O.Sn.H/c1-11(2)7-14(8-12(3)4)15(10-16)9-13(5)6;;/h11-13H,7-9H2,1-6H3;;. The maximum absolute atomic E-state index is 11.9. The minimum absolute atomic E-state index is 0.403. The first-order valence-corrected chi connectivity index (χ1v) is 8.39. The van der Waals surface area contributed by atoms with Gasteiger partial charge in [0.1, 0.15) is 0 Å². The van der Waals surface area contributed by atoms with Gasteiger partial charge in [0.15, 0.2) is 0 Å². The van der Waals surface area contributed by atoms with E-state index in [1.165, 1.54) is 5.57 Å². The van der Waals surface area contributed by atoms with Crippen LogP contribution in [-0.2, 0) is 4.79 Å². The van der Waals surface area contributed by atoms with E-state index in [0.29, 0.717) is 21.6 Å². The molecule has 0 amide bonds. The van der Waals surface area contributed by atoms with Gasteiger partial charge in [-0.25, -0.2) is 0 Å². The predicted octanol–water partition coefficient (Wildman–Crippen LogP) is 3.85. The second kappa shape index (κ2) is 8.33. The Labute approximate surface area is 121 Å². The molecule has 2 radical (unpaired) electrons. The van der Waals surface area contributed by atoms with E-state index < -0.39 is 0 Å². The van der Waals surface area contributed by atoms with E-state index in [4.69, 9.17) is 0 Å². The summed E-state index contributed by atoms with van der Waals surface area (Å²) < 4.78 is 0.403.